The van der Waals surface area contributed by atoms with E-state index in [1.165, 1.54) is 50.5 Å². The lowest BCUT2D eigenvalue weighted by Crippen LogP contribution is -2.13. The zero-order valence-electron chi connectivity index (χ0n) is 16.9. The van der Waals surface area contributed by atoms with Gasteiger partial charge in [-0.3, -0.25) is 0 Å². The van der Waals surface area contributed by atoms with Crippen molar-refractivity contribution in [2.24, 2.45) is 5.92 Å². The number of hydrogen-bond acceptors (Lipinski definition) is 2. The molecule has 1 aliphatic rings. The first kappa shape index (κ1) is 20.0. The maximum absolute atomic E-state index is 14.3. The summed E-state index contributed by atoms with van der Waals surface area (Å²) in [7, 11) is 0. The molecule has 0 radical (unpaired) electrons. The van der Waals surface area contributed by atoms with Crippen LogP contribution >= 0.6 is 0 Å². The molecule has 27 heavy (non-hydrogen) atoms. The Kier molecular flexibility index (Phi) is 7.37. The summed E-state index contributed by atoms with van der Waals surface area (Å²) in [6.07, 6.45) is 16.0. The highest BCUT2D eigenvalue weighted by molar-refractivity contribution is 5.55. The molecule has 2 aromatic rings. The SMILES string of the molecule is CCCCc1ccc(-c2ncc([C@H]3CC[C@H](CCCC)CC3)cn2)cc1F. The van der Waals surface area contributed by atoms with E-state index in [0.717, 1.165) is 36.3 Å². The maximum atomic E-state index is 14.3. The largest absolute Gasteiger partial charge is 0.236 e. The average Bonchev–Trinajstić information content (AvgIpc) is 2.72. The Bertz CT molecular complexity index is 703. The van der Waals surface area contributed by atoms with Crippen LogP contribution in [0.3, 0.4) is 0 Å². The van der Waals surface area contributed by atoms with Crippen molar-refractivity contribution in [3.05, 3.63) is 47.5 Å². The first-order valence-corrected chi connectivity index (χ1v) is 10.8. The van der Waals surface area contributed by atoms with Crippen LogP contribution in [-0.4, -0.2) is 9.97 Å². The molecule has 0 unspecified atom stereocenters. The fraction of sp³-hybridized carbons (Fsp3) is 0.583. The van der Waals surface area contributed by atoms with Crippen molar-refractivity contribution in [3.8, 4) is 11.4 Å². The van der Waals surface area contributed by atoms with Gasteiger partial charge in [-0.25, -0.2) is 14.4 Å². The molecular formula is C24H33FN2. The summed E-state index contributed by atoms with van der Waals surface area (Å²) < 4.78 is 14.3. The van der Waals surface area contributed by atoms with Crippen LogP contribution in [0.15, 0.2) is 30.6 Å². The molecule has 0 aliphatic heterocycles. The van der Waals surface area contributed by atoms with Crippen molar-refractivity contribution < 1.29 is 4.39 Å². The molecule has 0 atom stereocenters. The van der Waals surface area contributed by atoms with Crippen LogP contribution in [0.1, 0.15) is 88.7 Å². The monoisotopic (exact) mass is 368 g/mol. The Hall–Kier alpha value is -1.77. The molecule has 0 saturated heterocycles. The molecule has 1 fully saturated rings. The molecule has 146 valence electrons. The topological polar surface area (TPSA) is 25.8 Å². The van der Waals surface area contributed by atoms with Gasteiger partial charge in [0.1, 0.15) is 5.82 Å². The number of halogens is 1. The van der Waals surface area contributed by atoms with Crippen molar-refractivity contribution in [1.82, 2.24) is 9.97 Å². The molecule has 0 spiro atoms. The van der Waals surface area contributed by atoms with Gasteiger partial charge in [0.2, 0.25) is 0 Å². The minimum atomic E-state index is -0.140. The molecule has 3 heteroatoms. The second-order valence-corrected chi connectivity index (χ2v) is 8.11. The molecule has 1 aromatic carbocycles. The first-order chi connectivity index (χ1) is 13.2. The molecule has 1 aromatic heterocycles. The zero-order chi connectivity index (χ0) is 19.1. The minimum absolute atomic E-state index is 0.140. The lowest BCUT2D eigenvalue weighted by Gasteiger charge is -2.28. The summed E-state index contributed by atoms with van der Waals surface area (Å²) in [6.45, 7) is 4.40. The smallest absolute Gasteiger partial charge is 0.159 e. The quantitative estimate of drug-likeness (QED) is 0.497. The summed E-state index contributed by atoms with van der Waals surface area (Å²) in [4.78, 5) is 9.10. The van der Waals surface area contributed by atoms with Crippen LogP contribution in [0.4, 0.5) is 4.39 Å². The highest BCUT2D eigenvalue weighted by Gasteiger charge is 2.22. The number of benzene rings is 1. The lowest BCUT2D eigenvalue weighted by molar-refractivity contribution is 0.304. The second-order valence-electron chi connectivity index (χ2n) is 8.11. The van der Waals surface area contributed by atoms with Crippen molar-refractivity contribution in [1.29, 1.82) is 0 Å². The van der Waals surface area contributed by atoms with Gasteiger partial charge in [0, 0.05) is 18.0 Å². The highest BCUT2D eigenvalue weighted by Crippen LogP contribution is 2.37. The van der Waals surface area contributed by atoms with Crippen LogP contribution in [0.25, 0.3) is 11.4 Å². The Balaban J connectivity index is 1.61. The van der Waals surface area contributed by atoms with Crippen LogP contribution in [-0.2, 0) is 6.42 Å². The van der Waals surface area contributed by atoms with Crippen molar-refractivity contribution in [2.75, 3.05) is 0 Å². The van der Waals surface area contributed by atoms with Gasteiger partial charge in [-0.05, 0) is 67.6 Å². The summed E-state index contributed by atoms with van der Waals surface area (Å²) in [6, 6.07) is 5.41. The number of hydrogen-bond donors (Lipinski definition) is 0. The molecule has 1 aliphatic carbocycles. The van der Waals surface area contributed by atoms with E-state index in [4.69, 9.17) is 0 Å². The van der Waals surface area contributed by atoms with E-state index in [1.54, 1.807) is 6.07 Å². The van der Waals surface area contributed by atoms with Crippen LogP contribution in [0, 0.1) is 11.7 Å². The molecule has 0 amide bonds. The minimum Gasteiger partial charge on any atom is -0.236 e. The van der Waals surface area contributed by atoms with Crippen LogP contribution in [0.5, 0.6) is 0 Å². The third-order valence-electron chi connectivity index (χ3n) is 6.07. The number of aromatic nitrogens is 2. The lowest BCUT2D eigenvalue weighted by atomic mass is 9.78. The van der Waals surface area contributed by atoms with Crippen molar-refractivity contribution in [3.63, 3.8) is 0 Å². The molecule has 3 rings (SSSR count). The van der Waals surface area contributed by atoms with Crippen molar-refractivity contribution >= 4 is 0 Å². The summed E-state index contributed by atoms with van der Waals surface area (Å²) in [5.41, 5.74) is 2.80. The Morgan fingerprint density at radius 3 is 2.30 bits per heavy atom. The van der Waals surface area contributed by atoms with E-state index in [-0.39, 0.29) is 5.82 Å². The second kappa shape index (κ2) is 9.96. The van der Waals surface area contributed by atoms with Gasteiger partial charge >= 0.3 is 0 Å². The van der Waals surface area contributed by atoms with E-state index in [2.05, 4.69) is 23.8 Å². The summed E-state index contributed by atoms with van der Waals surface area (Å²) in [5, 5.41) is 0. The Labute approximate surface area is 163 Å². The first-order valence-electron chi connectivity index (χ1n) is 10.8. The van der Waals surface area contributed by atoms with E-state index in [0.29, 0.717) is 11.7 Å². The number of aryl methyl sites for hydroxylation is 1. The van der Waals surface area contributed by atoms with Gasteiger partial charge in [0.05, 0.1) is 0 Å². The Morgan fingerprint density at radius 1 is 0.963 bits per heavy atom. The predicted molar refractivity (Wildman–Crippen MR) is 110 cm³/mol. The molecular weight excluding hydrogens is 335 g/mol. The van der Waals surface area contributed by atoms with Gasteiger partial charge < -0.3 is 0 Å². The average molecular weight is 369 g/mol. The molecule has 1 saturated carbocycles. The van der Waals surface area contributed by atoms with Gasteiger partial charge in [0.25, 0.3) is 0 Å². The number of rotatable bonds is 8. The van der Waals surface area contributed by atoms with E-state index >= 15 is 0 Å². The predicted octanol–water partition coefficient (Wildman–Crippen LogP) is 7.09. The molecule has 0 N–H and O–H groups in total. The fourth-order valence-corrected chi connectivity index (χ4v) is 4.23. The highest BCUT2D eigenvalue weighted by atomic mass is 19.1. The van der Waals surface area contributed by atoms with Crippen LogP contribution < -0.4 is 0 Å². The standard InChI is InChI=1S/C24H33FN2/c1-3-5-7-18-9-11-19(12-10-18)22-16-26-24(27-17-22)21-14-13-20(8-6-4-2)23(25)15-21/h13-19H,3-12H2,1-2H3/t18-,19-. The van der Waals surface area contributed by atoms with Crippen LogP contribution in [0.2, 0.25) is 0 Å². The van der Waals surface area contributed by atoms with Gasteiger partial charge in [-0.2, -0.15) is 0 Å². The summed E-state index contributed by atoms with van der Waals surface area (Å²) >= 11 is 0. The number of unbranched alkanes of at least 4 members (excludes halogenated alkanes) is 2. The van der Waals surface area contributed by atoms with E-state index in [9.17, 15) is 4.39 Å². The molecule has 2 nitrogen and oxygen atoms in total. The molecule has 0 bridgehead atoms. The fourth-order valence-electron chi connectivity index (χ4n) is 4.23. The van der Waals surface area contributed by atoms with Crippen molar-refractivity contribution in [2.45, 2.75) is 84.0 Å². The zero-order valence-corrected chi connectivity index (χ0v) is 16.9. The van der Waals surface area contributed by atoms with Gasteiger partial charge in [-0.1, -0.05) is 51.7 Å². The third-order valence-corrected chi connectivity index (χ3v) is 6.07. The molecule has 1 heterocycles. The maximum Gasteiger partial charge on any atom is 0.159 e. The van der Waals surface area contributed by atoms with Gasteiger partial charge in [0.15, 0.2) is 5.82 Å². The third kappa shape index (κ3) is 5.37. The van der Waals surface area contributed by atoms with E-state index < -0.39 is 0 Å². The van der Waals surface area contributed by atoms with E-state index in [1.807, 2.05) is 24.5 Å². The summed E-state index contributed by atoms with van der Waals surface area (Å²) in [5.74, 6) is 1.98. The van der Waals surface area contributed by atoms with Gasteiger partial charge in [-0.15, -0.1) is 0 Å². The normalized spacial score (nSPS) is 20.0. The Morgan fingerprint density at radius 2 is 1.67 bits per heavy atom. The number of nitrogens with zero attached hydrogens (tertiary/aromatic N) is 2.